The van der Waals surface area contributed by atoms with Crippen molar-refractivity contribution in [1.29, 1.82) is 0 Å². The molecule has 1 unspecified atom stereocenters. The van der Waals surface area contributed by atoms with Crippen LogP contribution in [0.25, 0.3) is 0 Å². The maximum atomic E-state index is 11.4. The summed E-state index contributed by atoms with van der Waals surface area (Å²) in [6.45, 7) is 4.94. The Morgan fingerprint density at radius 2 is 2.18 bits per heavy atom. The topological polar surface area (TPSA) is 49.3 Å². The summed E-state index contributed by atoms with van der Waals surface area (Å²) in [5.41, 5.74) is 2.82. The summed E-state index contributed by atoms with van der Waals surface area (Å²) >= 11 is 0. The van der Waals surface area contributed by atoms with Crippen LogP contribution in [0.15, 0.2) is 18.2 Å². The number of rotatable bonds is 3. The van der Waals surface area contributed by atoms with Gasteiger partial charge in [0.25, 0.3) is 0 Å². The lowest BCUT2D eigenvalue weighted by atomic mass is 9.88. The van der Waals surface area contributed by atoms with Crippen molar-refractivity contribution in [3.05, 3.63) is 34.9 Å². The van der Waals surface area contributed by atoms with Gasteiger partial charge in [0.1, 0.15) is 5.54 Å². The fourth-order valence-electron chi connectivity index (χ4n) is 2.48. The van der Waals surface area contributed by atoms with Crippen molar-refractivity contribution in [2.24, 2.45) is 0 Å². The number of aliphatic carboxylic acids is 1. The number of benzene rings is 1. The van der Waals surface area contributed by atoms with Gasteiger partial charge in [-0.1, -0.05) is 18.2 Å². The van der Waals surface area contributed by atoms with Crippen LogP contribution in [0.4, 0.5) is 0 Å². The molecule has 0 bridgehead atoms. The van der Waals surface area contributed by atoms with Crippen LogP contribution in [0.3, 0.4) is 0 Å². The number of aryl methyl sites for hydroxylation is 2. The fraction of sp³-hybridized carbons (Fsp3) is 0.500. The zero-order valence-electron chi connectivity index (χ0n) is 10.4. The third kappa shape index (κ3) is 2.34. The van der Waals surface area contributed by atoms with E-state index < -0.39 is 11.5 Å². The van der Waals surface area contributed by atoms with Gasteiger partial charge in [0.05, 0.1) is 0 Å². The Kier molecular flexibility index (Phi) is 3.20. The molecule has 1 aromatic carbocycles. The van der Waals surface area contributed by atoms with E-state index in [0.717, 1.165) is 24.9 Å². The summed E-state index contributed by atoms with van der Waals surface area (Å²) in [5.74, 6) is -0.728. The van der Waals surface area contributed by atoms with Crippen LogP contribution in [0.1, 0.15) is 29.5 Å². The van der Waals surface area contributed by atoms with E-state index >= 15 is 0 Å². The zero-order chi connectivity index (χ0) is 12.5. The molecule has 0 aromatic heterocycles. The highest BCUT2D eigenvalue weighted by Gasteiger charge is 2.40. The van der Waals surface area contributed by atoms with Crippen LogP contribution in [-0.2, 0) is 11.2 Å². The molecule has 2 N–H and O–H groups in total. The summed E-state index contributed by atoms with van der Waals surface area (Å²) in [6.07, 6.45) is 2.23. The van der Waals surface area contributed by atoms with E-state index in [0.29, 0.717) is 6.42 Å². The highest BCUT2D eigenvalue weighted by Crippen LogP contribution is 2.25. The smallest absolute Gasteiger partial charge is 0.324 e. The Bertz CT molecular complexity index is 434. The molecule has 1 aromatic rings. The minimum Gasteiger partial charge on any atom is -0.480 e. The summed E-state index contributed by atoms with van der Waals surface area (Å²) in [6, 6.07) is 6.20. The molecule has 0 saturated carbocycles. The van der Waals surface area contributed by atoms with Crippen molar-refractivity contribution in [2.75, 3.05) is 6.54 Å². The highest BCUT2D eigenvalue weighted by molar-refractivity contribution is 5.79. The molecule has 1 atom stereocenters. The largest absolute Gasteiger partial charge is 0.480 e. The minimum atomic E-state index is -0.748. The highest BCUT2D eigenvalue weighted by atomic mass is 16.4. The Balaban J connectivity index is 2.23. The molecule has 1 saturated heterocycles. The van der Waals surface area contributed by atoms with Gasteiger partial charge >= 0.3 is 5.97 Å². The van der Waals surface area contributed by atoms with Crippen molar-refractivity contribution in [1.82, 2.24) is 5.32 Å². The molecular weight excluding hydrogens is 214 g/mol. The fourth-order valence-corrected chi connectivity index (χ4v) is 2.48. The Labute approximate surface area is 102 Å². The van der Waals surface area contributed by atoms with E-state index in [-0.39, 0.29) is 0 Å². The molecule has 1 fully saturated rings. The average Bonchev–Trinajstić information content (AvgIpc) is 2.73. The standard InChI is InChI=1S/C14H19NO2/c1-10-4-5-12(8-11(10)2)9-14(13(16)17)6-3-7-15-14/h4-5,8,15H,3,6-7,9H2,1-2H3,(H,16,17). The molecule has 2 rings (SSSR count). The Hall–Kier alpha value is -1.35. The van der Waals surface area contributed by atoms with Gasteiger partial charge in [-0.05, 0) is 49.9 Å². The molecule has 0 aliphatic carbocycles. The van der Waals surface area contributed by atoms with Gasteiger partial charge in [0, 0.05) is 6.42 Å². The van der Waals surface area contributed by atoms with Crippen LogP contribution in [0.2, 0.25) is 0 Å². The molecule has 3 nitrogen and oxygen atoms in total. The molecule has 0 radical (unpaired) electrons. The Morgan fingerprint density at radius 1 is 1.41 bits per heavy atom. The number of carboxylic acids is 1. The minimum absolute atomic E-state index is 0.573. The van der Waals surface area contributed by atoms with Gasteiger partial charge < -0.3 is 10.4 Å². The van der Waals surface area contributed by atoms with Crippen LogP contribution in [0.5, 0.6) is 0 Å². The molecule has 0 amide bonds. The number of carboxylic acid groups (broad SMARTS) is 1. The number of hydrogen-bond acceptors (Lipinski definition) is 2. The molecule has 1 aliphatic heterocycles. The third-order valence-electron chi connectivity index (χ3n) is 3.73. The number of nitrogens with one attached hydrogen (secondary N) is 1. The van der Waals surface area contributed by atoms with E-state index in [4.69, 9.17) is 0 Å². The first-order valence-corrected chi connectivity index (χ1v) is 6.08. The predicted octanol–water partition coefficient (Wildman–Crippen LogP) is 2.05. The third-order valence-corrected chi connectivity index (χ3v) is 3.73. The zero-order valence-corrected chi connectivity index (χ0v) is 10.4. The van der Waals surface area contributed by atoms with Crippen molar-refractivity contribution >= 4 is 5.97 Å². The second kappa shape index (κ2) is 4.49. The van der Waals surface area contributed by atoms with Crippen LogP contribution < -0.4 is 5.32 Å². The second-order valence-corrected chi connectivity index (χ2v) is 5.01. The Morgan fingerprint density at radius 3 is 2.71 bits per heavy atom. The average molecular weight is 233 g/mol. The number of carbonyl (C=O) groups is 1. The van der Waals surface area contributed by atoms with Crippen LogP contribution in [-0.4, -0.2) is 23.2 Å². The van der Waals surface area contributed by atoms with E-state index in [9.17, 15) is 9.90 Å². The second-order valence-electron chi connectivity index (χ2n) is 5.01. The first kappa shape index (κ1) is 12.1. The molecule has 1 heterocycles. The van der Waals surface area contributed by atoms with Crippen LogP contribution in [0, 0.1) is 13.8 Å². The molecule has 17 heavy (non-hydrogen) atoms. The maximum Gasteiger partial charge on any atom is 0.324 e. The molecule has 0 spiro atoms. The quantitative estimate of drug-likeness (QED) is 0.840. The van der Waals surface area contributed by atoms with Gasteiger partial charge in [-0.3, -0.25) is 4.79 Å². The number of hydrogen-bond donors (Lipinski definition) is 2. The first-order chi connectivity index (χ1) is 8.03. The van der Waals surface area contributed by atoms with Gasteiger partial charge in [0.2, 0.25) is 0 Å². The molecule has 92 valence electrons. The van der Waals surface area contributed by atoms with Gasteiger partial charge in [-0.15, -0.1) is 0 Å². The first-order valence-electron chi connectivity index (χ1n) is 6.08. The van der Waals surface area contributed by atoms with Crippen molar-refractivity contribution in [3.8, 4) is 0 Å². The van der Waals surface area contributed by atoms with Crippen molar-refractivity contribution < 1.29 is 9.90 Å². The van der Waals surface area contributed by atoms with Crippen molar-refractivity contribution in [2.45, 2.75) is 38.6 Å². The van der Waals surface area contributed by atoms with E-state index in [1.807, 2.05) is 6.07 Å². The monoisotopic (exact) mass is 233 g/mol. The summed E-state index contributed by atoms with van der Waals surface area (Å²) in [5, 5.41) is 12.5. The summed E-state index contributed by atoms with van der Waals surface area (Å²) in [7, 11) is 0. The normalized spacial score (nSPS) is 23.9. The van der Waals surface area contributed by atoms with E-state index in [2.05, 4.69) is 31.3 Å². The maximum absolute atomic E-state index is 11.4. The van der Waals surface area contributed by atoms with E-state index in [1.54, 1.807) is 0 Å². The SMILES string of the molecule is Cc1ccc(CC2(C(=O)O)CCCN2)cc1C. The summed E-state index contributed by atoms with van der Waals surface area (Å²) in [4.78, 5) is 11.4. The lowest BCUT2D eigenvalue weighted by Gasteiger charge is -2.24. The predicted molar refractivity (Wildman–Crippen MR) is 67.2 cm³/mol. The summed E-state index contributed by atoms with van der Waals surface area (Å²) < 4.78 is 0. The van der Waals surface area contributed by atoms with E-state index in [1.165, 1.54) is 11.1 Å². The van der Waals surface area contributed by atoms with Crippen molar-refractivity contribution in [3.63, 3.8) is 0 Å². The molecular formula is C14H19NO2. The lowest BCUT2D eigenvalue weighted by Crippen LogP contribution is -2.49. The lowest BCUT2D eigenvalue weighted by molar-refractivity contribution is -0.144. The van der Waals surface area contributed by atoms with Gasteiger partial charge in [-0.2, -0.15) is 0 Å². The molecule has 1 aliphatic rings. The van der Waals surface area contributed by atoms with Crippen LogP contribution >= 0.6 is 0 Å². The van der Waals surface area contributed by atoms with Gasteiger partial charge in [-0.25, -0.2) is 0 Å². The van der Waals surface area contributed by atoms with Gasteiger partial charge in [0.15, 0.2) is 0 Å². The molecule has 3 heteroatoms.